The maximum atomic E-state index is 14.5. The summed E-state index contributed by atoms with van der Waals surface area (Å²) in [6.07, 6.45) is 0. The molecule has 2 N–H and O–H groups in total. The molecule has 0 heterocycles. The van der Waals surface area contributed by atoms with E-state index >= 15 is 0 Å². The van der Waals surface area contributed by atoms with E-state index in [1.807, 2.05) is 32.9 Å². The molecule has 0 fully saturated rings. The van der Waals surface area contributed by atoms with Gasteiger partial charge < -0.3 is 5.32 Å². The molecule has 0 unspecified atom stereocenters. The smallest absolute Gasteiger partial charge is 0.277 e. The van der Waals surface area contributed by atoms with Crippen LogP contribution in [0.1, 0.15) is 29.8 Å². The van der Waals surface area contributed by atoms with E-state index in [1.165, 1.54) is 6.07 Å². The van der Waals surface area contributed by atoms with Gasteiger partial charge in [0.1, 0.15) is 0 Å². The van der Waals surface area contributed by atoms with E-state index < -0.39 is 17.5 Å². The first-order chi connectivity index (χ1) is 12.2. The van der Waals surface area contributed by atoms with Gasteiger partial charge in [0.15, 0.2) is 11.6 Å². The second kappa shape index (κ2) is 9.09. The quantitative estimate of drug-likeness (QED) is 0.282. The van der Waals surface area contributed by atoms with Crippen molar-refractivity contribution in [3.8, 4) is 0 Å². The molecule has 0 aromatic heterocycles. The average Bonchev–Trinajstić information content (AvgIpc) is 2.56. The molecule has 8 heteroatoms. The van der Waals surface area contributed by atoms with Gasteiger partial charge in [-0.25, -0.2) is 14.3 Å². The SMILES string of the molecule is Cc1cc(I)ccc1Nc1c(C(=O)NOCC(C)C)cc(Br)c(F)c1F. The van der Waals surface area contributed by atoms with Crippen LogP contribution in [0.15, 0.2) is 28.7 Å². The molecule has 0 bridgehead atoms. The number of rotatable bonds is 6. The molecule has 2 rings (SSSR count). The van der Waals surface area contributed by atoms with Gasteiger partial charge in [-0.1, -0.05) is 13.8 Å². The monoisotopic (exact) mass is 538 g/mol. The van der Waals surface area contributed by atoms with Crippen molar-refractivity contribution in [3.63, 3.8) is 0 Å². The van der Waals surface area contributed by atoms with Crippen LogP contribution in [0, 0.1) is 28.0 Å². The van der Waals surface area contributed by atoms with Crippen molar-refractivity contribution in [2.45, 2.75) is 20.8 Å². The number of hydroxylamine groups is 1. The summed E-state index contributed by atoms with van der Waals surface area (Å²) in [6.45, 7) is 5.98. The first-order valence-corrected chi connectivity index (χ1v) is 9.70. The minimum Gasteiger partial charge on any atom is -0.352 e. The first-order valence-electron chi connectivity index (χ1n) is 7.83. The van der Waals surface area contributed by atoms with Crippen LogP contribution in [0.2, 0.25) is 0 Å². The summed E-state index contributed by atoms with van der Waals surface area (Å²) in [5, 5.41) is 2.83. The average molecular weight is 539 g/mol. The third kappa shape index (κ3) is 5.14. The molecule has 0 atom stereocenters. The van der Waals surface area contributed by atoms with E-state index in [9.17, 15) is 13.6 Å². The van der Waals surface area contributed by atoms with E-state index in [2.05, 4.69) is 49.3 Å². The fourth-order valence-corrected chi connectivity index (χ4v) is 3.18. The molecule has 0 spiro atoms. The molecule has 1 amide bonds. The lowest BCUT2D eigenvalue weighted by atomic mass is 10.1. The van der Waals surface area contributed by atoms with E-state index in [4.69, 9.17) is 4.84 Å². The summed E-state index contributed by atoms with van der Waals surface area (Å²) in [7, 11) is 0. The van der Waals surface area contributed by atoms with Crippen molar-refractivity contribution in [2.24, 2.45) is 5.92 Å². The van der Waals surface area contributed by atoms with E-state index in [0.717, 1.165) is 9.13 Å². The highest BCUT2D eigenvalue weighted by molar-refractivity contribution is 14.1. The minimum atomic E-state index is -1.15. The molecule has 0 saturated carbocycles. The van der Waals surface area contributed by atoms with Gasteiger partial charge in [-0.3, -0.25) is 9.63 Å². The highest BCUT2D eigenvalue weighted by Crippen LogP contribution is 2.32. The lowest BCUT2D eigenvalue weighted by Gasteiger charge is -2.16. The van der Waals surface area contributed by atoms with E-state index in [-0.39, 0.29) is 21.6 Å². The van der Waals surface area contributed by atoms with Crippen molar-refractivity contribution >= 4 is 55.8 Å². The fourth-order valence-electron chi connectivity index (χ4n) is 2.13. The van der Waals surface area contributed by atoms with Crippen molar-refractivity contribution < 1.29 is 18.4 Å². The Bertz CT molecular complexity index is 831. The summed E-state index contributed by atoms with van der Waals surface area (Å²) >= 11 is 5.09. The summed E-state index contributed by atoms with van der Waals surface area (Å²) in [5.41, 5.74) is 3.35. The van der Waals surface area contributed by atoms with Crippen molar-refractivity contribution in [1.82, 2.24) is 5.48 Å². The number of anilines is 2. The topological polar surface area (TPSA) is 50.4 Å². The van der Waals surface area contributed by atoms with Crippen LogP contribution in [0.25, 0.3) is 0 Å². The number of hydrogen-bond donors (Lipinski definition) is 2. The van der Waals surface area contributed by atoms with Gasteiger partial charge in [0.2, 0.25) is 0 Å². The Labute approximate surface area is 172 Å². The number of carbonyl (C=O) groups is 1. The van der Waals surface area contributed by atoms with Crippen molar-refractivity contribution in [1.29, 1.82) is 0 Å². The van der Waals surface area contributed by atoms with Crippen molar-refractivity contribution in [2.75, 3.05) is 11.9 Å². The predicted octanol–water partition coefficient (Wildman–Crippen LogP) is 5.70. The molecule has 2 aromatic rings. The van der Waals surface area contributed by atoms with Gasteiger partial charge in [0.25, 0.3) is 5.91 Å². The molecule has 140 valence electrons. The molecule has 2 aromatic carbocycles. The Hall–Kier alpha value is -1.26. The molecule has 0 saturated heterocycles. The summed E-state index contributed by atoms with van der Waals surface area (Å²) in [4.78, 5) is 17.5. The Morgan fingerprint density at radius 1 is 1.27 bits per heavy atom. The Morgan fingerprint density at radius 3 is 2.58 bits per heavy atom. The Morgan fingerprint density at radius 2 is 1.96 bits per heavy atom. The normalized spacial score (nSPS) is 10.9. The van der Waals surface area contributed by atoms with Crippen LogP contribution in [0.5, 0.6) is 0 Å². The van der Waals surface area contributed by atoms with Gasteiger partial charge in [-0.15, -0.1) is 0 Å². The van der Waals surface area contributed by atoms with Crippen LogP contribution < -0.4 is 10.8 Å². The summed E-state index contributed by atoms with van der Waals surface area (Å²) in [6, 6.07) is 6.68. The molecule has 0 aliphatic heterocycles. The number of halogens is 4. The molecule has 0 aliphatic rings. The maximum absolute atomic E-state index is 14.5. The van der Waals surface area contributed by atoms with E-state index in [1.54, 1.807) is 6.07 Å². The van der Waals surface area contributed by atoms with E-state index in [0.29, 0.717) is 12.3 Å². The second-order valence-electron chi connectivity index (χ2n) is 6.13. The van der Waals surface area contributed by atoms with Crippen molar-refractivity contribution in [3.05, 3.63) is 55.1 Å². The fraction of sp³-hybridized carbons (Fsp3) is 0.278. The van der Waals surface area contributed by atoms with Crippen LogP contribution in [-0.4, -0.2) is 12.5 Å². The summed E-state index contributed by atoms with van der Waals surface area (Å²) < 4.78 is 29.4. The zero-order chi connectivity index (χ0) is 19.4. The highest BCUT2D eigenvalue weighted by atomic mass is 127. The lowest BCUT2D eigenvalue weighted by molar-refractivity contribution is 0.0209. The zero-order valence-electron chi connectivity index (χ0n) is 14.4. The lowest BCUT2D eigenvalue weighted by Crippen LogP contribution is -2.26. The Kier molecular flexibility index (Phi) is 7.36. The van der Waals surface area contributed by atoms with Gasteiger partial charge in [0.05, 0.1) is 22.3 Å². The number of benzene rings is 2. The third-order valence-electron chi connectivity index (χ3n) is 3.44. The van der Waals surface area contributed by atoms with Gasteiger partial charge >= 0.3 is 0 Å². The standard InChI is InChI=1S/C18H18BrF2IN2O2/c1-9(2)8-26-24-18(25)12-7-13(19)15(20)16(21)17(12)23-14-5-4-11(22)6-10(14)3/h4-7,9,23H,8H2,1-3H3,(H,24,25). The van der Waals surface area contributed by atoms with Crippen LogP contribution in [0.3, 0.4) is 0 Å². The van der Waals surface area contributed by atoms with Crippen LogP contribution in [0.4, 0.5) is 20.2 Å². The first kappa shape index (κ1) is 21.0. The number of nitrogens with one attached hydrogen (secondary N) is 2. The van der Waals surface area contributed by atoms with Crippen LogP contribution >= 0.6 is 38.5 Å². The van der Waals surface area contributed by atoms with Gasteiger partial charge in [0, 0.05) is 9.26 Å². The van der Waals surface area contributed by atoms with Gasteiger partial charge in [-0.05, 0) is 81.2 Å². The number of aryl methyl sites for hydroxylation is 1. The molecule has 0 aliphatic carbocycles. The second-order valence-corrected chi connectivity index (χ2v) is 8.23. The highest BCUT2D eigenvalue weighted by Gasteiger charge is 2.22. The maximum Gasteiger partial charge on any atom is 0.277 e. The third-order valence-corrected chi connectivity index (χ3v) is 4.68. The number of carbonyl (C=O) groups excluding carboxylic acids is 1. The molecule has 4 nitrogen and oxygen atoms in total. The minimum absolute atomic E-state index is 0.0718. The molecular formula is C18H18BrF2IN2O2. The summed E-state index contributed by atoms with van der Waals surface area (Å²) in [5.74, 6) is -2.68. The van der Waals surface area contributed by atoms with Gasteiger partial charge in [-0.2, -0.15) is 0 Å². The largest absolute Gasteiger partial charge is 0.352 e. The number of amides is 1. The molecule has 0 radical (unpaired) electrons. The predicted molar refractivity (Wildman–Crippen MR) is 109 cm³/mol. The Balaban J connectivity index is 2.39. The molecule has 26 heavy (non-hydrogen) atoms. The molecular weight excluding hydrogens is 521 g/mol. The zero-order valence-corrected chi connectivity index (χ0v) is 18.2. The van der Waals surface area contributed by atoms with Crippen LogP contribution in [-0.2, 0) is 4.84 Å². The number of hydrogen-bond acceptors (Lipinski definition) is 3.